The maximum atomic E-state index is 4.36. The standard InChI is InChI=1S/C20H34N4.HI/c1-5-24-10-6-7-19(15-24)14-23-20(21-4)22-9-8-18-12-16(2)11-17(3)13-18;/h11-13,19H,5-10,14-15H2,1-4H3,(H2,21,22,23);1H. The molecule has 1 saturated heterocycles. The van der Waals surface area contributed by atoms with E-state index >= 15 is 0 Å². The average Bonchev–Trinajstić information content (AvgIpc) is 2.57. The number of hydrogen-bond acceptors (Lipinski definition) is 2. The Bertz CT molecular complexity index is 524. The van der Waals surface area contributed by atoms with Crippen LogP contribution in [0.4, 0.5) is 0 Å². The summed E-state index contributed by atoms with van der Waals surface area (Å²) >= 11 is 0. The summed E-state index contributed by atoms with van der Waals surface area (Å²) in [6.07, 6.45) is 3.66. The van der Waals surface area contributed by atoms with Crippen molar-refractivity contribution in [2.75, 3.05) is 39.8 Å². The summed E-state index contributed by atoms with van der Waals surface area (Å²) < 4.78 is 0. The van der Waals surface area contributed by atoms with E-state index in [0.717, 1.165) is 31.4 Å². The Morgan fingerprint density at radius 2 is 1.92 bits per heavy atom. The van der Waals surface area contributed by atoms with Crippen molar-refractivity contribution in [1.29, 1.82) is 0 Å². The molecule has 0 saturated carbocycles. The smallest absolute Gasteiger partial charge is 0.190 e. The fourth-order valence-corrected chi connectivity index (χ4v) is 3.61. The van der Waals surface area contributed by atoms with Crippen LogP contribution in [-0.4, -0.2) is 50.6 Å². The first-order chi connectivity index (χ1) is 11.6. The van der Waals surface area contributed by atoms with Gasteiger partial charge in [0.25, 0.3) is 0 Å². The molecule has 2 rings (SSSR count). The van der Waals surface area contributed by atoms with Crippen molar-refractivity contribution in [2.45, 2.75) is 40.0 Å². The zero-order valence-electron chi connectivity index (χ0n) is 16.3. The molecule has 142 valence electrons. The summed E-state index contributed by atoms with van der Waals surface area (Å²) in [5.41, 5.74) is 4.07. The predicted octanol–water partition coefficient (Wildman–Crippen LogP) is 3.36. The summed E-state index contributed by atoms with van der Waals surface area (Å²) in [6, 6.07) is 6.76. The maximum absolute atomic E-state index is 4.36. The molecule has 1 heterocycles. The number of aryl methyl sites for hydroxylation is 2. The highest BCUT2D eigenvalue weighted by Gasteiger charge is 2.18. The lowest BCUT2D eigenvalue weighted by atomic mass is 9.98. The van der Waals surface area contributed by atoms with Gasteiger partial charge in [0.15, 0.2) is 5.96 Å². The van der Waals surface area contributed by atoms with Gasteiger partial charge in [-0.05, 0) is 57.7 Å². The molecule has 1 unspecified atom stereocenters. The van der Waals surface area contributed by atoms with E-state index in [1.54, 1.807) is 0 Å². The van der Waals surface area contributed by atoms with E-state index in [2.05, 4.69) is 59.5 Å². The van der Waals surface area contributed by atoms with Crippen LogP contribution in [0.3, 0.4) is 0 Å². The Balaban J connectivity index is 0.00000312. The highest BCUT2D eigenvalue weighted by atomic mass is 127. The highest BCUT2D eigenvalue weighted by molar-refractivity contribution is 14.0. The fraction of sp³-hybridized carbons (Fsp3) is 0.650. The monoisotopic (exact) mass is 458 g/mol. The molecule has 2 N–H and O–H groups in total. The number of nitrogens with zero attached hydrogens (tertiary/aromatic N) is 2. The van der Waals surface area contributed by atoms with Crippen LogP contribution in [0.5, 0.6) is 0 Å². The van der Waals surface area contributed by atoms with Gasteiger partial charge >= 0.3 is 0 Å². The van der Waals surface area contributed by atoms with Crippen molar-refractivity contribution in [3.8, 4) is 0 Å². The van der Waals surface area contributed by atoms with Crippen LogP contribution in [0.1, 0.15) is 36.5 Å². The highest BCUT2D eigenvalue weighted by Crippen LogP contribution is 2.15. The van der Waals surface area contributed by atoms with Gasteiger partial charge in [0.05, 0.1) is 0 Å². The second-order valence-corrected chi connectivity index (χ2v) is 7.03. The van der Waals surface area contributed by atoms with Crippen LogP contribution in [0.25, 0.3) is 0 Å². The van der Waals surface area contributed by atoms with Crippen molar-refractivity contribution in [2.24, 2.45) is 10.9 Å². The molecule has 0 aromatic heterocycles. The van der Waals surface area contributed by atoms with Gasteiger partial charge in [-0.1, -0.05) is 36.2 Å². The van der Waals surface area contributed by atoms with Gasteiger partial charge in [-0.3, -0.25) is 4.99 Å². The molecule has 0 amide bonds. The topological polar surface area (TPSA) is 39.7 Å². The molecular weight excluding hydrogens is 423 g/mol. The normalized spacial score (nSPS) is 18.6. The second kappa shape index (κ2) is 11.7. The fourth-order valence-electron chi connectivity index (χ4n) is 3.61. The number of rotatable bonds is 6. The summed E-state index contributed by atoms with van der Waals surface area (Å²) in [7, 11) is 1.85. The first-order valence-electron chi connectivity index (χ1n) is 9.34. The Morgan fingerprint density at radius 3 is 2.56 bits per heavy atom. The van der Waals surface area contributed by atoms with Crippen LogP contribution >= 0.6 is 24.0 Å². The van der Waals surface area contributed by atoms with E-state index in [9.17, 15) is 0 Å². The zero-order valence-corrected chi connectivity index (χ0v) is 18.6. The summed E-state index contributed by atoms with van der Waals surface area (Å²) in [4.78, 5) is 6.91. The molecule has 4 nitrogen and oxygen atoms in total. The molecule has 1 aliphatic heterocycles. The van der Waals surface area contributed by atoms with E-state index in [-0.39, 0.29) is 24.0 Å². The minimum atomic E-state index is 0. The lowest BCUT2D eigenvalue weighted by Gasteiger charge is -2.32. The van der Waals surface area contributed by atoms with Crippen molar-refractivity contribution in [3.05, 3.63) is 34.9 Å². The van der Waals surface area contributed by atoms with Gasteiger partial charge in [-0.15, -0.1) is 24.0 Å². The van der Waals surface area contributed by atoms with E-state index < -0.39 is 0 Å². The van der Waals surface area contributed by atoms with E-state index in [4.69, 9.17) is 0 Å². The quantitative estimate of drug-likeness (QED) is 0.390. The molecule has 1 aromatic carbocycles. The van der Waals surface area contributed by atoms with Crippen LogP contribution in [-0.2, 0) is 6.42 Å². The van der Waals surface area contributed by atoms with Crippen LogP contribution < -0.4 is 10.6 Å². The number of piperidine rings is 1. The number of aliphatic imine (C=N–C) groups is 1. The SMILES string of the molecule is CCN1CCCC(CNC(=NC)NCCc2cc(C)cc(C)c2)C1.I. The summed E-state index contributed by atoms with van der Waals surface area (Å²) in [5.74, 6) is 1.66. The molecule has 0 radical (unpaired) electrons. The molecule has 0 spiro atoms. The number of benzene rings is 1. The van der Waals surface area contributed by atoms with E-state index in [1.165, 1.54) is 49.2 Å². The summed E-state index contributed by atoms with van der Waals surface area (Å²) in [6.45, 7) is 12.1. The number of halogens is 1. The van der Waals surface area contributed by atoms with Gasteiger partial charge < -0.3 is 15.5 Å². The van der Waals surface area contributed by atoms with Crippen molar-refractivity contribution in [3.63, 3.8) is 0 Å². The second-order valence-electron chi connectivity index (χ2n) is 7.03. The lowest BCUT2D eigenvalue weighted by Crippen LogP contribution is -2.44. The van der Waals surface area contributed by atoms with Gasteiger partial charge in [0.2, 0.25) is 0 Å². The Hall–Kier alpha value is -0.820. The molecule has 1 aromatic rings. The van der Waals surface area contributed by atoms with Crippen molar-refractivity contribution < 1.29 is 0 Å². The molecule has 0 aliphatic carbocycles. The molecule has 1 aliphatic rings. The molecule has 0 bridgehead atoms. The van der Waals surface area contributed by atoms with Crippen LogP contribution in [0, 0.1) is 19.8 Å². The number of nitrogens with one attached hydrogen (secondary N) is 2. The predicted molar refractivity (Wildman–Crippen MR) is 119 cm³/mol. The third-order valence-corrected chi connectivity index (χ3v) is 4.82. The third-order valence-electron chi connectivity index (χ3n) is 4.82. The first kappa shape index (κ1) is 22.2. The first-order valence-corrected chi connectivity index (χ1v) is 9.34. The Morgan fingerprint density at radius 1 is 1.20 bits per heavy atom. The van der Waals surface area contributed by atoms with Gasteiger partial charge in [0, 0.05) is 26.7 Å². The van der Waals surface area contributed by atoms with E-state index in [0.29, 0.717) is 0 Å². The zero-order chi connectivity index (χ0) is 17.4. The van der Waals surface area contributed by atoms with Gasteiger partial charge in [0.1, 0.15) is 0 Å². The van der Waals surface area contributed by atoms with Crippen molar-refractivity contribution >= 4 is 29.9 Å². The average molecular weight is 458 g/mol. The molecular formula is C20H35IN4. The van der Waals surface area contributed by atoms with Gasteiger partial charge in [-0.2, -0.15) is 0 Å². The maximum Gasteiger partial charge on any atom is 0.190 e. The third kappa shape index (κ3) is 7.94. The molecule has 25 heavy (non-hydrogen) atoms. The minimum Gasteiger partial charge on any atom is -0.356 e. The number of hydrogen-bond donors (Lipinski definition) is 2. The Kier molecular flexibility index (Phi) is 10.4. The largest absolute Gasteiger partial charge is 0.356 e. The Labute approximate surface area is 170 Å². The van der Waals surface area contributed by atoms with Crippen LogP contribution in [0.15, 0.2) is 23.2 Å². The molecule has 1 atom stereocenters. The number of likely N-dealkylation sites (tertiary alicyclic amines) is 1. The minimum absolute atomic E-state index is 0. The number of guanidine groups is 1. The molecule has 1 fully saturated rings. The van der Waals surface area contributed by atoms with Gasteiger partial charge in [-0.25, -0.2) is 0 Å². The van der Waals surface area contributed by atoms with Crippen molar-refractivity contribution in [1.82, 2.24) is 15.5 Å². The van der Waals surface area contributed by atoms with E-state index in [1.807, 2.05) is 7.05 Å². The molecule has 5 heteroatoms. The lowest BCUT2D eigenvalue weighted by molar-refractivity contribution is 0.183. The summed E-state index contributed by atoms with van der Waals surface area (Å²) in [5, 5.41) is 6.95. The van der Waals surface area contributed by atoms with Crippen LogP contribution in [0.2, 0.25) is 0 Å².